The van der Waals surface area contributed by atoms with Crippen molar-refractivity contribution < 1.29 is 9.53 Å². The number of nitrogens with two attached hydrogens (primary N) is 1. The van der Waals surface area contributed by atoms with Crippen LogP contribution < -0.4 is 11.1 Å². The third-order valence-electron chi connectivity index (χ3n) is 3.27. The minimum absolute atomic E-state index is 0.106. The van der Waals surface area contributed by atoms with Gasteiger partial charge in [-0.25, -0.2) is 0 Å². The molecule has 1 atom stereocenters. The maximum atomic E-state index is 12.1. The van der Waals surface area contributed by atoms with Crippen LogP contribution in [0.1, 0.15) is 26.3 Å². The van der Waals surface area contributed by atoms with Gasteiger partial charge >= 0.3 is 0 Å². The minimum Gasteiger partial charge on any atom is -0.493 e. The van der Waals surface area contributed by atoms with Crippen LogP contribution in [0.4, 0.5) is 0 Å². The summed E-state index contributed by atoms with van der Waals surface area (Å²) in [6.45, 7) is 6.62. The van der Waals surface area contributed by atoms with Crippen LogP contribution in [0.3, 0.4) is 0 Å². The highest BCUT2D eigenvalue weighted by molar-refractivity contribution is 8.18. The zero-order chi connectivity index (χ0) is 17.5. The van der Waals surface area contributed by atoms with E-state index in [1.165, 1.54) is 11.8 Å². The normalized spacial score (nSPS) is 19.0. The van der Waals surface area contributed by atoms with Gasteiger partial charge in [0.25, 0.3) is 5.91 Å². The van der Waals surface area contributed by atoms with Crippen LogP contribution in [0.2, 0.25) is 0 Å². The van der Waals surface area contributed by atoms with Gasteiger partial charge in [-0.05, 0) is 32.4 Å². The molecule has 0 saturated carbocycles. The number of amides is 1. The smallest absolute Gasteiger partial charge is 0.258 e. The van der Waals surface area contributed by atoms with E-state index < -0.39 is 0 Å². The van der Waals surface area contributed by atoms with Gasteiger partial charge in [-0.1, -0.05) is 42.1 Å². The molecule has 1 aromatic rings. The van der Waals surface area contributed by atoms with E-state index in [1.807, 2.05) is 50.3 Å². The van der Waals surface area contributed by atoms with E-state index in [0.717, 1.165) is 21.9 Å². The average molecular weight is 345 g/mol. The van der Waals surface area contributed by atoms with Crippen LogP contribution in [0.15, 0.2) is 57.6 Å². The summed E-state index contributed by atoms with van der Waals surface area (Å²) in [5.41, 5.74) is 7.69. The number of allylic oxidation sites excluding steroid dienone is 2. The van der Waals surface area contributed by atoms with Gasteiger partial charge < -0.3 is 15.8 Å². The van der Waals surface area contributed by atoms with Gasteiger partial charge in [0.2, 0.25) is 0 Å². The monoisotopic (exact) mass is 345 g/mol. The molecule has 1 aliphatic heterocycles. The Kier molecular flexibility index (Phi) is 6.63. The number of ether oxygens (including phenoxy) is 1. The van der Waals surface area contributed by atoms with Crippen molar-refractivity contribution in [1.82, 2.24) is 5.32 Å². The van der Waals surface area contributed by atoms with Crippen molar-refractivity contribution in [2.45, 2.75) is 33.5 Å². The second-order valence-corrected chi connectivity index (χ2v) is 6.42. The van der Waals surface area contributed by atoms with Crippen molar-refractivity contribution in [1.29, 1.82) is 0 Å². The predicted octanol–water partition coefficient (Wildman–Crippen LogP) is 2.95. The summed E-state index contributed by atoms with van der Waals surface area (Å²) in [5.74, 6) is 0.621. The lowest BCUT2D eigenvalue weighted by molar-refractivity contribution is -0.116. The molecule has 1 aromatic carbocycles. The standard InChI is InChI=1S/C18H23N3O2S/c1-4-20-17(22)16-10-15(18(24-16)21-13(3)19)12(2)23-11-14-8-6-5-7-9-14/h5-10,13H,4,11,19H2,1-3H3,(H,20,22)/b15-12+,21-18+. The number of aliphatic imine (C=N–C) groups is 1. The number of rotatable bonds is 6. The Morgan fingerprint density at radius 2 is 2.08 bits per heavy atom. The van der Waals surface area contributed by atoms with Gasteiger partial charge in [0.05, 0.1) is 11.1 Å². The molecule has 0 bridgehead atoms. The lowest BCUT2D eigenvalue weighted by Crippen LogP contribution is -2.22. The van der Waals surface area contributed by atoms with Crippen molar-refractivity contribution >= 4 is 22.7 Å². The van der Waals surface area contributed by atoms with E-state index in [2.05, 4.69) is 10.3 Å². The Hall–Kier alpha value is -2.05. The van der Waals surface area contributed by atoms with Gasteiger partial charge in [-0.2, -0.15) is 0 Å². The highest BCUT2D eigenvalue weighted by Gasteiger charge is 2.25. The molecule has 1 heterocycles. The Morgan fingerprint density at radius 3 is 2.71 bits per heavy atom. The fourth-order valence-electron chi connectivity index (χ4n) is 2.12. The van der Waals surface area contributed by atoms with Crippen LogP contribution in [0, 0.1) is 0 Å². The van der Waals surface area contributed by atoms with Crippen LogP contribution in [0.25, 0.3) is 0 Å². The van der Waals surface area contributed by atoms with Crippen molar-refractivity contribution in [2.75, 3.05) is 6.54 Å². The summed E-state index contributed by atoms with van der Waals surface area (Å²) in [5, 5.41) is 3.52. The number of hydrogen-bond donors (Lipinski definition) is 2. The molecular weight excluding hydrogens is 322 g/mol. The third-order valence-corrected chi connectivity index (χ3v) is 4.31. The van der Waals surface area contributed by atoms with Crippen molar-refractivity contribution in [3.63, 3.8) is 0 Å². The Morgan fingerprint density at radius 1 is 1.38 bits per heavy atom. The van der Waals surface area contributed by atoms with E-state index in [0.29, 0.717) is 18.1 Å². The van der Waals surface area contributed by atoms with Crippen LogP contribution >= 0.6 is 11.8 Å². The maximum absolute atomic E-state index is 12.1. The SMILES string of the molecule is CCNC(=O)C1=CC(=C(/C)OCc2ccccc2)/C(=N\C(C)N)S1. The largest absolute Gasteiger partial charge is 0.493 e. The first-order valence-corrected chi connectivity index (χ1v) is 8.72. The summed E-state index contributed by atoms with van der Waals surface area (Å²) < 4.78 is 5.88. The molecule has 0 aromatic heterocycles. The molecule has 3 N–H and O–H groups in total. The molecule has 0 saturated heterocycles. The van der Waals surface area contributed by atoms with Crippen molar-refractivity contribution in [3.8, 4) is 0 Å². The quantitative estimate of drug-likeness (QED) is 0.777. The number of carbonyl (C=O) groups is 1. The molecule has 0 radical (unpaired) electrons. The second kappa shape index (κ2) is 8.70. The van der Waals surface area contributed by atoms with Crippen molar-refractivity contribution in [3.05, 3.63) is 58.2 Å². The molecule has 1 amide bonds. The van der Waals surface area contributed by atoms with Crippen LogP contribution in [-0.2, 0) is 16.1 Å². The molecule has 0 spiro atoms. The third kappa shape index (κ3) is 4.97. The van der Waals surface area contributed by atoms with Gasteiger partial charge in [0, 0.05) is 12.1 Å². The average Bonchev–Trinajstić information content (AvgIpc) is 2.97. The summed E-state index contributed by atoms with van der Waals surface area (Å²) in [6, 6.07) is 9.94. The van der Waals surface area contributed by atoms with E-state index in [-0.39, 0.29) is 12.1 Å². The number of nitrogens with one attached hydrogen (secondary N) is 1. The van der Waals surface area contributed by atoms with E-state index in [9.17, 15) is 4.79 Å². The summed E-state index contributed by atoms with van der Waals surface area (Å²) in [4.78, 5) is 17.1. The molecule has 0 fully saturated rings. The topological polar surface area (TPSA) is 76.7 Å². The molecular formula is C18H23N3O2S. The summed E-state index contributed by atoms with van der Waals surface area (Å²) in [7, 11) is 0. The minimum atomic E-state index is -0.341. The van der Waals surface area contributed by atoms with Gasteiger partial charge in [-0.3, -0.25) is 9.79 Å². The number of carbonyl (C=O) groups excluding carboxylic acids is 1. The first-order valence-electron chi connectivity index (χ1n) is 7.90. The highest BCUT2D eigenvalue weighted by atomic mass is 32.2. The van der Waals surface area contributed by atoms with Crippen LogP contribution in [0.5, 0.6) is 0 Å². The first-order chi connectivity index (χ1) is 11.5. The van der Waals surface area contributed by atoms with Crippen molar-refractivity contribution in [2.24, 2.45) is 10.7 Å². The van der Waals surface area contributed by atoms with E-state index >= 15 is 0 Å². The predicted molar refractivity (Wildman–Crippen MR) is 99.4 cm³/mol. The fraction of sp³-hybridized carbons (Fsp3) is 0.333. The Balaban J connectivity index is 2.21. The molecule has 6 heteroatoms. The van der Waals surface area contributed by atoms with Gasteiger partial charge in [0.1, 0.15) is 17.4 Å². The number of benzene rings is 1. The molecule has 2 rings (SSSR count). The molecule has 1 aliphatic rings. The molecule has 1 unspecified atom stereocenters. The molecule has 0 aliphatic carbocycles. The Bertz CT molecular complexity index is 679. The highest BCUT2D eigenvalue weighted by Crippen LogP contribution is 2.34. The Labute approximate surface area is 147 Å². The van der Waals surface area contributed by atoms with Crippen LogP contribution in [-0.4, -0.2) is 23.7 Å². The zero-order valence-corrected chi connectivity index (χ0v) is 15.0. The zero-order valence-electron chi connectivity index (χ0n) is 14.2. The summed E-state index contributed by atoms with van der Waals surface area (Å²) in [6.07, 6.45) is 1.48. The number of likely N-dealkylation sites (N-methyl/N-ethyl adjacent to an activating group) is 1. The first kappa shape index (κ1) is 18.3. The lowest BCUT2D eigenvalue weighted by Gasteiger charge is -2.10. The molecule has 128 valence electrons. The van der Waals surface area contributed by atoms with Gasteiger partial charge in [-0.15, -0.1) is 0 Å². The molecule has 24 heavy (non-hydrogen) atoms. The fourth-order valence-corrected chi connectivity index (χ4v) is 3.20. The van der Waals surface area contributed by atoms with E-state index in [1.54, 1.807) is 6.92 Å². The maximum Gasteiger partial charge on any atom is 0.258 e. The number of thioether (sulfide) groups is 1. The van der Waals surface area contributed by atoms with E-state index in [4.69, 9.17) is 10.5 Å². The second-order valence-electron chi connectivity index (χ2n) is 5.39. The summed E-state index contributed by atoms with van der Waals surface area (Å²) >= 11 is 1.33. The lowest BCUT2D eigenvalue weighted by atomic mass is 10.2. The number of hydrogen-bond acceptors (Lipinski definition) is 5. The van der Waals surface area contributed by atoms with Gasteiger partial charge in [0.15, 0.2) is 0 Å². The molecule has 5 nitrogen and oxygen atoms in total. The number of nitrogens with zero attached hydrogens (tertiary/aromatic N) is 1.